The van der Waals surface area contributed by atoms with Crippen LogP contribution < -0.4 is 10.5 Å². The van der Waals surface area contributed by atoms with Crippen molar-refractivity contribution in [1.29, 1.82) is 0 Å². The predicted molar refractivity (Wildman–Crippen MR) is 141 cm³/mol. The number of carbonyl (C=O) groups excluding carboxylic acids is 3. The van der Waals surface area contributed by atoms with Crippen molar-refractivity contribution in [2.24, 2.45) is 11.1 Å². The minimum absolute atomic E-state index is 0.150. The highest BCUT2D eigenvalue weighted by Crippen LogP contribution is 2.36. The molecule has 1 atom stereocenters. The molecule has 2 aromatic carbocycles. The topological polar surface area (TPSA) is 136 Å². The minimum atomic E-state index is -3.95. The maximum atomic E-state index is 13.2. The van der Waals surface area contributed by atoms with E-state index >= 15 is 0 Å². The minimum Gasteiger partial charge on any atom is -0.462 e. The molecule has 0 spiro atoms. The van der Waals surface area contributed by atoms with Crippen molar-refractivity contribution in [3.05, 3.63) is 71.8 Å². The van der Waals surface area contributed by atoms with Crippen molar-refractivity contribution >= 4 is 44.1 Å². The number of esters is 1. The number of ether oxygens (including phenoxy) is 1. The van der Waals surface area contributed by atoms with Crippen molar-refractivity contribution in [3.8, 4) is 10.4 Å². The van der Waals surface area contributed by atoms with E-state index in [4.69, 9.17) is 9.88 Å². The number of sulfonamides is 1. The zero-order valence-electron chi connectivity index (χ0n) is 20.2. The summed E-state index contributed by atoms with van der Waals surface area (Å²) in [5, 5.41) is 8.47. The summed E-state index contributed by atoms with van der Waals surface area (Å²) in [6.45, 7) is 2.52. The molecular formula is C26H27N3O6S2. The highest BCUT2D eigenvalue weighted by molar-refractivity contribution is 7.89. The van der Waals surface area contributed by atoms with Gasteiger partial charge in [0.05, 0.1) is 23.0 Å². The van der Waals surface area contributed by atoms with E-state index in [9.17, 15) is 22.8 Å². The maximum Gasteiger partial charge on any atom is 0.341 e. The lowest BCUT2D eigenvalue weighted by atomic mass is 9.96. The number of amides is 2. The number of primary sulfonamides is 1. The van der Waals surface area contributed by atoms with Gasteiger partial charge in [-0.2, -0.15) is 0 Å². The second kappa shape index (κ2) is 11.2. The normalized spacial score (nSPS) is 15.7. The molecule has 11 heteroatoms. The highest BCUT2D eigenvalue weighted by atomic mass is 32.2. The molecule has 0 saturated carbocycles. The van der Waals surface area contributed by atoms with Crippen molar-refractivity contribution in [3.63, 3.8) is 0 Å². The Kier molecular flexibility index (Phi) is 8.06. The van der Waals surface area contributed by atoms with E-state index in [2.05, 4.69) is 5.32 Å². The fourth-order valence-corrected chi connectivity index (χ4v) is 5.78. The molecule has 2 heterocycles. The fraction of sp³-hybridized carbons (Fsp3) is 0.269. The van der Waals surface area contributed by atoms with Gasteiger partial charge in [0.25, 0.3) is 5.91 Å². The molecule has 1 saturated heterocycles. The SMILES string of the molecule is CCOC(=O)c1cc(-c2ccccc2)sc1NC(=O)C1CCCN(C(=O)c2cccc(S(N)(=O)=O)c2)C1. The van der Waals surface area contributed by atoms with Gasteiger partial charge in [0.15, 0.2) is 0 Å². The van der Waals surface area contributed by atoms with Crippen LogP contribution in [0.5, 0.6) is 0 Å². The Hall–Kier alpha value is -3.54. The number of hydrogen-bond donors (Lipinski definition) is 2. The first kappa shape index (κ1) is 26.5. The second-order valence-corrected chi connectivity index (χ2v) is 11.2. The molecule has 4 rings (SSSR count). The number of rotatable bonds is 7. The number of nitrogens with two attached hydrogens (primary N) is 1. The standard InChI is InChI=1S/C26H27N3O6S2/c1-2-35-26(32)21-15-22(17-8-4-3-5-9-17)36-24(21)28-23(30)19-11-7-13-29(16-19)25(31)18-10-6-12-20(14-18)37(27,33)34/h3-6,8-10,12,14-15,19H,2,7,11,13,16H2,1H3,(H,28,30)(H2,27,33,34). The number of carbonyl (C=O) groups is 3. The van der Waals surface area contributed by atoms with Crippen molar-refractivity contribution in [2.75, 3.05) is 25.0 Å². The fourth-order valence-electron chi connectivity index (χ4n) is 4.17. The Balaban J connectivity index is 1.52. The Morgan fingerprint density at radius 1 is 1.11 bits per heavy atom. The molecule has 37 heavy (non-hydrogen) atoms. The number of anilines is 1. The lowest BCUT2D eigenvalue weighted by Gasteiger charge is -2.32. The van der Waals surface area contributed by atoms with E-state index in [0.29, 0.717) is 24.4 Å². The van der Waals surface area contributed by atoms with Crippen LogP contribution in [-0.2, 0) is 19.6 Å². The molecule has 3 N–H and O–H groups in total. The third kappa shape index (κ3) is 6.24. The first-order valence-corrected chi connectivity index (χ1v) is 14.1. The molecular weight excluding hydrogens is 514 g/mol. The number of hydrogen-bond acceptors (Lipinski definition) is 7. The van der Waals surface area contributed by atoms with E-state index in [1.165, 1.54) is 40.5 Å². The summed E-state index contributed by atoms with van der Waals surface area (Å²) in [5.41, 5.74) is 1.38. The van der Waals surface area contributed by atoms with Crippen LogP contribution >= 0.6 is 11.3 Å². The molecule has 3 aromatic rings. The third-order valence-corrected chi connectivity index (χ3v) is 8.02. The average Bonchev–Trinajstić information content (AvgIpc) is 3.32. The van der Waals surface area contributed by atoms with Gasteiger partial charge in [0, 0.05) is 23.5 Å². The third-order valence-electron chi connectivity index (χ3n) is 6.01. The summed E-state index contributed by atoms with van der Waals surface area (Å²) in [6.07, 6.45) is 1.17. The summed E-state index contributed by atoms with van der Waals surface area (Å²) in [4.78, 5) is 41.1. The van der Waals surface area contributed by atoms with Gasteiger partial charge in [-0.15, -0.1) is 11.3 Å². The van der Waals surface area contributed by atoms with Crippen LogP contribution in [0.3, 0.4) is 0 Å². The first-order valence-electron chi connectivity index (χ1n) is 11.8. The number of thiophene rings is 1. The molecule has 1 fully saturated rings. The molecule has 1 unspecified atom stereocenters. The second-order valence-electron chi connectivity index (χ2n) is 8.59. The van der Waals surface area contributed by atoms with Crippen LogP contribution in [0.2, 0.25) is 0 Å². The Morgan fingerprint density at radius 3 is 2.57 bits per heavy atom. The number of benzene rings is 2. The highest BCUT2D eigenvalue weighted by Gasteiger charge is 2.31. The molecule has 0 bridgehead atoms. The smallest absolute Gasteiger partial charge is 0.341 e. The van der Waals surface area contributed by atoms with Gasteiger partial charge in [-0.3, -0.25) is 9.59 Å². The van der Waals surface area contributed by atoms with Crippen LogP contribution in [0, 0.1) is 5.92 Å². The van der Waals surface area contributed by atoms with E-state index in [1.807, 2.05) is 30.3 Å². The van der Waals surface area contributed by atoms with Gasteiger partial charge >= 0.3 is 5.97 Å². The van der Waals surface area contributed by atoms with Gasteiger partial charge in [-0.05, 0) is 49.6 Å². The molecule has 0 radical (unpaired) electrons. The van der Waals surface area contributed by atoms with Gasteiger partial charge in [-0.1, -0.05) is 36.4 Å². The average molecular weight is 542 g/mol. The number of nitrogens with zero attached hydrogens (tertiary/aromatic N) is 1. The summed E-state index contributed by atoms with van der Waals surface area (Å²) in [7, 11) is -3.95. The molecule has 9 nitrogen and oxygen atoms in total. The molecule has 0 aliphatic carbocycles. The van der Waals surface area contributed by atoms with E-state index in [-0.39, 0.29) is 41.0 Å². The van der Waals surface area contributed by atoms with Crippen LogP contribution in [0.4, 0.5) is 5.00 Å². The summed E-state index contributed by atoms with van der Waals surface area (Å²) >= 11 is 1.28. The van der Waals surface area contributed by atoms with Crippen molar-refractivity contribution in [2.45, 2.75) is 24.7 Å². The first-order chi connectivity index (χ1) is 17.7. The number of nitrogens with one attached hydrogen (secondary N) is 1. The zero-order chi connectivity index (χ0) is 26.6. The van der Waals surface area contributed by atoms with Crippen LogP contribution in [0.1, 0.15) is 40.5 Å². The van der Waals surface area contributed by atoms with E-state index in [0.717, 1.165) is 10.4 Å². The van der Waals surface area contributed by atoms with Crippen LogP contribution in [-0.4, -0.2) is 50.8 Å². The van der Waals surface area contributed by atoms with Crippen LogP contribution in [0.25, 0.3) is 10.4 Å². The van der Waals surface area contributed by atoms with Gasteiger partial charge in [0.2, 0.25) is 15.9 Å². The van der Waals surface area contributed by atoms with Crippen molar-refractivity contribution < 1.29 is 27.5 Å². The number of piperidine rings is 1. The van der Waals surface area contributed by atoms with Gasteiger partial charge in [0.1, 0.15) is 5.00 Å². The van der Waals surface area contributed by atoms with Gasteiger partial charge < -0.3 is 15.0 Å². The molecule has 2 amide bonds. The molecule has 1 aliphatic rings. The quantitative estimate of drug-likeness (QED) is 0.438. The molecule has 194 valence electrons. The van der Waals surface area contributed by atoms with Crippen LogP contribution in [0.15, 0.2) is 65.6 Å². The van der Waals surface area contributed by atoms with Gasteiger partial charge in [-0.25, -0.2) is 18.4 Å². The Bertz CT molecular complexity index is 1420. The maximum absolute atomic E-state index is 13.2. The molecule has 1 aliphatic heterocycles. The van der Waals surface area contributed by atoms with Crippen molar-refractivity contribution in [1.82, 2.24) is 4.90 Å². The lowest BCUT2D eigenvalue weighted by Crippen LogP contribution is -2.43. The monoisotopic (exact) mass is 541 g/mol. The molecule has 1 aromatic heterocycles. The zero-order valence-corrected chi connectivity index (χ0v) is 21.8. The predicted octanol–water partition coefficient (Wildman–Crippen LogP) is 3.73. The Labute approximate surface area is 219 Å². The Morgan fingerprint density at radius 2 is 1.86 bits per heavy atom. The summed E-state index contributed by atoms with van der Waals surface area (Å²) in [5.74, 6) is -1.71. The number of likely N-dealkylation sites (tertiary alicyclic amines) is 1. The summed E-state index contributed by atoms with van der Waals surface area (Å²) < 4.78 is 28.5. The van der Waals surface area contributed by atoms with E-state index < -0.39 is 21.9 Å². The lowest BCUT2D eigenvalue weighted by molar-refractivity contribution is -0.121. The largest absolute Gasteiger partial charge is 0.462 e. The van der Waals surface area contributed by atoms with E-state index in [1.54, 1.807) is 13.0 Å². The summed E-state index contributed by atoms with van der Waals surface area (Å²) in [6, 6.07) is 16.8.